The van der Waals surface area contributed by atoms with Crippen LogP contribution in [0, 0.1) is 5.41 Å². The van der Waals surface area contributed by atoms with Gasteiger partial charge in [-0.1, -0.05) is 57.2 Å². The number of hydrogen-bond donors (Lipinski definition) is 1. The van der Waals surface area contributed by atoms with E-state index in [-0.39, 0.29) is 10.9 Å². The second kappa shape index (κ2) is 12.5. The van der Waals surface area contributed by atoms with Gasteiger partial charge in [0.2, 0.25) is 0 Å². The van der Waals surface area contributed by atoms with E-state index >= 15 is 0 Å². The second-order valence-corrected chi connectivity index (χ2v) is 16.1. The molecule has 0 spiro atoms. The van der Waals surface area contributed by atoms with Crippen LogP contribution in [0.1, 0.15) is 63.9 Å². The smallest absolute Gasteiger partial charge is 0.309 e. The SMILES string of the molecule is CC(Oc1ccc2c(c1)c(SC(C)(C)C)c(CC(C)(C)C(=O)O)n2Cc1ccc(-c2ncccn2)cc1)c1nc2ccccc2s1. The molecule has 0 saturated heterocycles. The van der Waals surface area contributed by atoms with Gasteiger partial charge >= 0.3 is 5.97 Å². The first-order chi connectivity index (χ1) is 21.9. The summed E-state index contributed by atoms with van der Waals surface area (Å²) in [7, 11) is 0. The van der Waals surface area contributed by atoms with Crippen molar-refractivity contribution in [2.75, 3.05) is 0 Å². The van der Waals surface area contributed by atoms with Gasteiger partial charge in [0.05, 0.1) is 15.6 Å². The molecule has 0 aliphatic heterocycles. The van der Waals surface area contributed by atoms with Gasteiger partial charge in [0.25, 0.3) is 0 Å². The van der Waals surface area contributed by atoms with E-state index in [2.05, 4.69) is 65.6 Å². The van der Waals surface area contributed by atoms with Gasteiger partial charge in [-0.05, 0) is 62.7 Å². The molecule has 0 bridgehead atoms. The van der Waals surface area contributed by atoms with E-state index in [1.165, 1.54) is 0 Å². The quantitative estimate of drug-likeness (QED) is 0.148. The van der Waals surface area contributed by atoms with Crippen molar-refractivity contribution < 1.29 is 14.6 Å². The molecule has 6 rings (SSSR count). The zero-order valence-corrected chi connectivity index (χ0v) is 28.6. The zero-order valence-electron chi connectivity index (χ0n) is 26.9. The van der Waals surface area contributed by atoms with Crippen LogP contribution >= 0.6 is 23.1 Å². The molecule has 3 heterocycles. The van der Waals surface area contributed by atoms with Crippen molar-refractivity contribution in [2.24, 2.45) is 5.41 Å². The Morgan fingerprint density at radius 2 is 1.70 bits per heavy atom. The largest absolute Gasteiger partial charge is 0.484 e. The summed E-state index contributed by atoms with van der Waals surface area (Å²) in [5.74, 6) is 0.612. The minimum absolute atomic E-state index is 0.107. The van der Waals surface area contributed by atoms with Crippen molar-refractivity contribution in [3.05, 3.63) is 101 Å². The van der Waals surface area contributed by atoms with E-state index < -0.39 is 11.4 Å². The van der Waals surface area contributed by atoms with Crippen molar-refractivity contribution in [3.8, 4) is 17.1 Å². The van der Waals surface area contributed by atoms with E-state index in [4.69, 9.17) is 9.72 Å². The fourth-order valence-electron chi connectivity index (χ4n) is 5.41. The summed E-state index contributed by atoms with van der Waals surface area (Å²) in [6, 6.07) is 24.4. The number of ether oxygens (including phenoxy) is 1. The van der Waals surface area contributed by atoms with Crippen LogP contribution in [0.2, 0.25) is 0 Å². The Hall–Kier alpha value is -4.21. The highest BCUT2D eigenvalue weighted by molar-refractivity contribution is 8.00. The number of aromatic nitrogens is 4. The van der Waals surface area contributed by atoms with Crippen LogP contribution in [0.15, 0.2) is 90.1 Å². The molecular formula is C37H38N4O3S2. The fourth-order valence-corrected chi connectivity index (χ4v) is 7.54. The fraction of sp³-hybridized carbons (Fsp3) is 0.297. The number of rotatable bonds is 10. The van der Waals surface area contributed by atoms with Crippen molar-refractivity contribution in [1.82, 2.24) is 19.5 Å². The van der Waals surface area contributed by atoms with Gasteiger partial charge in [0.1, 0.15) is 16.9 Å². The molecule has 9 heteroatoms. The van der Waals surface area contributed by atoms with Crippen molar-refractivity contribution in [3.63, 3.8) is 0 Å². The number of para-hydroxylation sites is 1. The maximum absolute atomic E-state index is 12.4. The third-order valence-electron chi connectivity index (χ3n) is 7.78. The number of carbonyl (C=O) groups is 1. The van der Waals surface area contributed by atoms with E-state index in [9.17, 15) is 9.90 Å². The standard InChI is InChI=1S/C37H38N4O3S2/c1-23(34-40-28-10-7-8-11-31(28)45-34)44-26-16-17-29-27(20-26)32(46-36(2,3)4)30(21-37(5,6)35(42)43)41(29)22-24-12-14-25(15-13-24)33-38-18-9-19-39-33/h7-20,23H,21-22H2,1-6H3,(H,42,43). The molecule has 3 aromatic heterocycles. The third kappa shape index (κ3) is 6.81. The summed E-state index contributed by atoms with van der Waals surface area (Å²) >= 11 is 3.42. The average Bonchev–Trinajstić information content (AvgIpc) is 3.57. The summed E-state index contributed by atoms with van der Waals surface area (Å²) < 4.78 is 9.82. The highest BCUT2D eigenvalue weighted by Crippen LogP contribution is 2.44. The molecule has 6 aromatic rings. The molecule has 1 atom stereocenters. The van der Waals surface area contributed by atoms with Crippen molar-refractivity contribution in [1.29, 1.82) is 0 Å². The Morgan fingerprint density at radius 1 is 0.978 bits per heavy atom. The van der Waals surface area contributed by atoms with Gasteiger partial charge in [0.15, 0.2) is 5.82 Å². The number of benzene rings is 3. The summed E-state index contributed by atoms with van der Waals surface area (Å²) in [6.07, 6.45) is 3.63. The first-order valence-electron chi connectivity index (χ1n) is 15.3. The number of carboxylic acid groups (broad SMARTS) is 1. The lowest BCUT2D eigenvalue weighted by Crippen LogP contribution is -2.28. The molecule has 3 aromatic carbocycles. The Bertz CT molecular complexity index is 1980. The maximum atomic E-state index is 12.4. The Balaban J connectivity index is 1.43. The van der Waals surface area contributed by atoms with Gasteiger partial charge in [-0.15, -0.1) is 23.1 Å². The van der Waals surface area contributed by atoms with Gasteiger partial charge < -0.3 is 14.4 Å². The highest BCUT2D eigenvalue weighted by atomic mass is 32.2. The lowest BCUT2D eigenvalue weighted by Gasteiger charge is -2.24. The number of thiazole rings is 1. The molecule has 46 heavy (non-hydrogen) atoms. The first-order valence-corrected chi connectivity index (χ1v) is 17.0. The minimum atomic E-state index is -0.964. The second-order valence-electron chi connectivity index (χ2n) is 13.2. The van der Waals surface area contributed by atoms with Crippen LogP contribution in [0.3, 0.4) is 0 Å². The third-order valence-corrected chi connectivity index (χ3v) is 10.2. The summed E-state index contributed by atoms with van der Waals surface area (Å²) in [5.41, 5.74) is 4.11. The van der Waals surface area contributed by atoms with Gasteiger partial charge in [-0.3, -0.25) is 4.79 Å². The molecule has 0 amide bonds. The molecule has 1 unspecified atom stereocenters. The molecule has 0 saturated carbocycles. The lowest BCUT2D eigenvalue weighted by molar-refractivity contribution is -0.146. The number of aliphatic carboxylic acids is 1. The van der Waals surface area contributed by atoms with Crippen molar-refractivity contribution >= 4 is 50.2 Å². The zero-order chi connectivity index (χ0) is 32.6. The first kappa shape index (κ1) is 31.8. The van der Waals surface area contributed by atoms with E-state index in [1.807, 2.05) is 43.3 Å². The van der Waals surface area contributed by atoms with Crippen LogP contribution in [0.4, 0.5) is 0 Å². The number of thioether (sulfide) groups is 1. The van der Waals surface area contributed by atoms with Gasteiger partial charge in [-0.2, -0.15) is 0 Å². The predicted octanol–water partition coefficient (Wildman–Crippen LogP) is 9.44. The molecule has 0 aliphatic carbocycles. The van der Waals surface area contributed by atoms with Crippen LogP contribution in [0.5, 0.6) is 5.75 Å². The lowest BCUT2D eigenvalue weighted by atomic mass is 9.88. The molecule has 236 valence electrons. The molecule has 1 N–H and O–H groups in total. The van der Waals surface area contributed by atoms with Gasteiger partial charge in [-0.25, -0.2) is 15.0 Å². The van der Waals surface area contributed by atoms with E-state index in [0.29, 0.717) is 18.8 Å². The predicted molar refractivity (Wildman–Crippen MR) is 188 cm³/mol. The normalized spacial score (nSPS) is 12.9. The molecule has 0 aliphatic rings. The van der Waals surface area contributed by atoms with Crippen molar-refractivity contribution in [2.45, 2.75) is 70.3 Å². The Kier molecular flexibility index (Phi) is 8.65. The Morgan fingerprint density at radius 3 is 2.37 bits per heavy atom. The van der Waals surface area contributed by atoms with E-state index in [1.54, 1.807) is 55.4 Å². The maximum Gasteiger partial charge on any atom is 0.309 e. The number of hydrogen-bond acceptors (Lipinski definition) is 7. The number of carboxylic acids is 1. The molecule has 0 fully saturated rings. The van der Waals surface area contributed by atoms with Crippen LogP contribution in [0.25, 0.3) is 32.5 Å². The highest BCUT2D eigenvalue weighted by Gasteiger charge is 2.33. The number of nitrogens with zero attached hydrogens (tertiary/aromatic N) is 4. The summed E-state index contributed by atoms with van der Waals surface area (Å²) in [6.45, 7) is 12.8. The summed E-state index contributed by atoms with van der Waals surface area (Å²) in [4.78, 5) is 27.1. The number of fused-ring (bicyclic) bond motifs is 2. The van der Waals surface area contributed by atoms with Gasteiger partial charge in [0, 0.05) is 57.2 Å². The molecular weight excluding hydrogens is 613 g/mol. The Labute approximate surface area is 277 Å². The topological polar surface area (TPSA) is 90.1 Å². The van der Waals surface area contributed by atoms with Crippen LogP contribution < -0.4 is 4.74 Å². The average molecular weight is 651 g/mol. The summed E-state index contributed by atoms with van der Waals surface area (Å²) in [5, 5.41) is 12.2. The van der Waals surface area contributed by atoms with Crippen LogP contribution in [-0.4, -0.2) is 35.3 Å². The molecule has 0 radical (unpaired) electrons. The molecule has 7 nitrogen and oxygen atoms in total. The minimum Gasteiger partial charge on any atom is -0.484 e. The van der Waals surface area contributed by atoms with E-state index in [0.717, 1.165) is 53.6 Å². The monoisotopic (exact) mass is 650 g/mol. The van der Waals surface area contributed by atoms with Crippen LogP contribution in [-0.2, 0) is 17.8 Å².